The molecule has 2 N–H and O–H groups in total. The summed E-state index contributed by atoms with van der Waals surface area (Å²) >= 11 is 0. The molecule has 0 atom stereocenters. The van der Waals surface area contributed by atoms with Gasteiger partial charge in [0.25, 0.3) is 0 Å². The molecule has 0 unspecified atom stereocenters. The number of primary amides is 1. The van der Waals surface area contributed by atoms with Gasteiger partial charge in [-0.2, -0.15) is 0 Å². The fourth-order valence-corrected chi connectivity index (χ4v) is 1.90. The van der Waals surface area contributed by atoms with Crippen LogP contribution in [0.4, 0.5) is 4.79 Å². The van der Waals surface area contributed by atoms with Crippen molar-refractivity contribution < 1.29 is 4.79 Å². The van der Waals surface area contributed by atoms with Gasteiger partial charge in [0.15, 0.2) is 0 Å². The number of piperidine rings is 1. The van der Waals surface area contributed by atoms with Crippen molar-refractivity contribution in [3.63, 3.8) is 0 Å². The Balaban J connectivity index is 2.46. The van der Waals surface area contributed by atoms with Crippen molar-refractivity contribution in [3.05, 3.63) is 0 Å². The number of nitrogens with zero attached hydrogens (tertiary/aromatic N) is 2. The highest BCUT2D eigenvalue weighted by Crippen LogP contribution is 2.14. The summed E-state index contributed by atoms with van der Waals surface area (Å²) < 4.78 is 0. The fraction of sp³-hybridized carbons (Fsp3) is 0.889. The highest BCUT2D eigenvalue weighted by molar-refractivity contribution is 5.72. The summed E-state index contributed by atoms with van der Waals surface area (Å²) in [6, 6.07) is 0.0794. The van der Waals surface area contributed by atoms with E-state index in [1.807, 2.05) is 6.92 Å². The third-order valence-corrected chi connectivity index (χ3v) is 2.75. The van der Waals surface area contributed by atoms with E-state index < -0.39 is 0 Å². The Labute approximate surface area is 79.7 Å². The van der Waals surface area contributed by atoms with Gasteiger partial charge in [0.2, 0.25) is 0 Å². The summed E-state index contributed by atoms with van der Waals surface area (Å²) in [7, 11) is 2.11. The molecule has 0 aromatic carbocycles. The number of amides is 2. The van der Waals surface area contributed by atoms with Gasteiger partial charge in [-0.05, 0) is 39.9 Å². The van der Waals surface area contributed by atoms with E-state index in [-0.39, 0.29) is 6.03 Å². The molecule has 0 spiro atoms. The van der Waals surface area contributed by atoms with Gasteiger partial charge in [-0.25, -0.2) is 4.79 Å². The van der Waals surface area contributed by atoms with E-state index in [1.165, 1.54) is 0 Å². The summed E-state index contributed by atoms with van der Waals surface area (Å²) in [5.74, 6) is 0. The number of hydrogen-bond donors (Lipinski definition) is 1. The van der Waals surface area contributed by atoms with Crippen molar-refractivity contribution >= 4 is 6.03 Å². The van der Waals surface area contributed by atoms with Crippen LogP contribution in [-0.2, 0) is 0 Å². The molecule has 1 aliphatic rings. The van der Waals surface area contributed by atoms with Crippen LogP contribution in [0, 0.1) is 0 Å². The lowest BCUT2D eigenvalue weighted by Gasteiger charge is -2.35. The average molecular weight is 185 g/mol. The van der Waals surface area contributed by atoms with Crippen molar-refractivity contribution in [2.24, 2.45) is 5.73 Å². The van der Waals surface area contributed by atoms with Crippen molar-refractivity contribution in [1.82, 2.24) is 9.80 Å². The smallest absolute Gasteiger partial charge is 0.315 e. The summed E-state index contributed by atoms with van der Waals surface area (Å²) in [6.45, 7) is 4.83. The summed E-state index contributed by atoms with van der Waals surface area (Å²) in [4.78, 5) is 15.1. The first-order valence-electron chi connectivity index (χ1n) is 4.89. The second-order valence-corrected chi connectivity index (χ2v) is 3.66. The molecule has 1 rings (SSSR count). The molecule has 76 valence electrons. The Morgan fingerprint density at radius 1 is 1.54 bits per heavy atom. The Morgan fingerprint density at radius 3 is 2.46 bits per heavy atom. The largest absolute Gasteiger partial charge is 0.351 e. The predicted octanol–water partition coefficient (Wildman–Crippen LogP) is 0.481. The van der Waals surface area contributed by atoms with Crippen molar-refractivity contribution in [2.75, 3.05) is 26.7 Å². The topological polar surface area (TPSA) is 49.6 Å². The lowest BCUT2D eigenvalue weighted by atomic mass is 10.0. The van der Waals surface area contributed by atoms with Gasteiger partial charge >= 0.3 is 6.03 Å². The number of urea groups is 1. The molecule has 0 radical (unpaired) electrons. The maximum atomic E-state index is 11.0. The van der Waals surface area contributed by atoms with Crippen LogP contribution in [0.2, 0.25) is 0 Å². The van der Waals surface area contributed by atoms with Crippen LogP contribution < -0.4 is 5.73 Å². The first-order valence-corrected chi connectivity index (χ1v) is 4.89. The predicted molar refractivity (Wildman–Crippen MR) is 52.5 cm³/mol. The number of rotatable bonds is 2. The minimum atomic E-state index is -0.281. The molecular weight excluding hydrogens is 166 g/mol. The molecule has 1 saturated heterocycles. The van der Waals surface area contributed by atoms with E-state index in [9.17, 15) is 4.79 Å². The van der Waals surface area contributed by atoms with Crippen LogP contribution in [0.1, 0.15) is 19.8 Å². The lowest BCUT2D eigenvalue weighted by molar-refractivity contribution is 0.141. The molecule has 0 saturated carbocycles. The van der Waals surface area contributed by atoms with E-state index >= 15 is 0 Å². The zero-order valence-corrected chi connectivity index (χ0v) is 8.49. The second-order valence-electron chi connectivity index (χ2n) is 3.66. The lowest BCUT2D eigenvalue weighted by Crippen LogP contribution is -2.48. The van der Waals surface area contributed by atoms with Crippen molar-refractivity contribution in [2.45, 2.75) is 25.8 Å². The SMILES string of the molecule is CCN(C(N)=O)C1CCN(C)CC1. The molecule has 0 aliphatic carbocycles. The monoisotopic (exact) mass is 185 g/mol. The highest BCUT2D eigenvalue weighted by Gasteiger charge is 2.23. The summed E-state index contributed by atoms with van der Waals surface area (Å²) in [5.41, 5.74) is 5.29. The van der Waals surface area contributed by atoms with E-state index in [2.05, 4.69) is 11.9 Å². The first-order chi connectivity index (χ1) is 6.15. The van der Waals surface area contributed by atoms with E-state index in [4.69, 9.17) is 5.73 Å². The molecule has 0 bridgehead atoms. The standard InChI is InChI=1S/C9H19N3O/c1-3-12(9(10)13)8-4-6-11(2)7-5-8/h8H,3-7H2,1-2H3,(H2,10,13). The number of carbonyl (C=O) groups is 1. The minimum absolute atomic E-state index is 0.281. The van der Waals surface area contributed by atoms with Crippen molar-refractivity contribution in [1.29, 1.82) is 0 Å². The Bertz CT molecular complexity index is 176. The number of hydrogen-bond acceptors (Lipinski definition) is 2. The third-order valence-electron chi connectivity index (χ3n) is 2.75. The van der Waals surface area contributed by atoms with Gasteiger partial charge in [0, 0.05) is 12.6 Å². The Kier molecular flexibility index (Phi) is 3.54. The molecule has 2 amide bonds. The number of likely N-dealkylation sites (tertiary alicyclic amines) is 1. The molecule has 1 heterocycles. The van der Waals surface area contributed by atoms with E-state index in [0.717, 1.165) is 32.5 Å². The molecule has 4 heteroatoms. The third kappa shape index (κ3) is 2.59. The average Bonchev–Trinajstić information content (AvgIpc) is 2.09. The quantitative estimate of drug-likeness (QED) is 0.680. The summed E-state index contributed by atoms with van der Waals surface area (Å²) in [6.07, 6.45) is 2.10. The van der Waals surface area contributed by atoms with Crippen LogP contribution in [0.5, 0.6) is 0 Å². The van der Waals surface area contributed by atoms with Crippen molar-refractivity contribution in [3.8, 4) is 0 Å². The van der Waals surface area contributed by atoms with Gasteiger partial charge in [-0.3, -0.25) is 0 Å². The van der Waals surface area contributed by atoms with Crippen LogP contribution in [0.3, 0.4) is 0 Å². The van der Waals surface area contributed by atoms with E-state index in [1.54, 1.807) is 4.90 Å². The zero-order valence-electron chi connectivity index (χ0n) is 8.49. The molecule has 1 aliphatic heterocycles. The van der Waals surface area contributed by atoms with Crippen LogP contribution in [0.15, 0.2) is 0 Å². The number of carbonyl (C=O) groups excluding carboxylic acids is 1. The van der Waals surface area contributed by atoms with E-state index in [0.29, 0.717) is 6.04 Å². The second kappa shape index (κ2) is 4.46. The van der Waals surface area contributed by atoms with Crippen LogP contribution >= 0.6 is 0 Å². The zero-order chi connectivity index (χ0) is 9.84. The number of nitrogens with two attached hydrogens (primary N) is 1. The van der Waals surface area contributed by atoms with Gasteiger partial charge in [-0.15, -0.1) is 0 Å². The van der Waals surface area contributed by atoms with Gasteiger partial charge < -0.3 is 15.5 Å². The molecule has 4 nitrogen and oxygen atoms in total. The highest BCUT2D eigenvalue weighted by atomic mass is 16.2. The maximum Gasteiger partial charge on any atom is 0.315 e. The van der Waals surface area contributed by atoms with Gasteiger partial charge in [0.1, 0.15) is 0 Å². The molecule has 0 aromatic rings. The normalized spacial score (nSPS) is 20.2. The summed E-state index contributed by atoms with van der Waals surface area (Å²) in [5, 5.41) is 0. The Hall–Kier alpha value is -0.770. The van der Waals surface area contributed by atoms with Crippen LogP contribution in [-0.4, -0.2) is 48.6 Å². The molecular formula is C9H19N3O. The first kappa shape index (κ1) is 10.3. The molecule has 1 fully saturated rings. The minimum Gasteiger partial charge on any atom is -0.351 e. The molecule has 13 heavy (non-hydrogen) atoms. The maximum absolute atomic E-state index is 11.0. The Morgan fingerprint density at radius 2 is 2.08 bits per heavy atom. The van der Waals surface area contributed by atoms with Gasteiger partial charge in [0.05, 0.1) is 0 Å². The molecule has 0 aromatic heterocycles. The van der Waals surface area contributed by atoms with Crippen LogP contribution in [0.25, 0.3) is 0 Å². The fourth-order valence-electron chi connectivity index (χ4n) is 1.90. The van der Waals surface area contributed by atoms with Gasteiger partial charge in [-0.1, -0.05) is 0 Å².